The molecule has 1 aliphatic carbocycles. The van der Waals surface area contributed by atoms with Crippen LogP contribution in [-0.4, -0.2) is 12.1 Å². The van der Waals surface area contributed by atoms with Crippen molar-refractivity contribution in [1.82, 2.24) is 5.32 Å². The molecule has 0 saturated carbocycles. The van der Waals surface area contributed by atoms with Crippen molar-refractivity contribution >= 4 is 28.5 Å². The van der Waals surface area contributed by atoms with Gasteiger partial charge in [-0.25, -0.2) is 4.99 Å². The summed E-state index contributed by atoms with van der Waals surface area (Å²) in [4.78, 5) is 18.8. The Bertz CT molecular complexity index is 911. The van der Waals surface area contributed by atoms with Crippen molar-refractivity contribution in [2.75, 3.05) is 0 Å². The van der Waals surface area contributed by atoms with Gasteiger partial charge in [0, 0.05) is 11.1 Å². The van der Waals surface area contributed by atoms with Crippen molar-refractivity contribution in [3.8, 4) is 0 Å². The molecule has 26 heavy (non-hydrogen) atoms. The molecule has 1 amide bonds. The van der Waals surface area contributed by atoms with Gasteiger partial charge in [-0.15, -0.1) is 11.3 Å². The summed E-state index contributed by atoms with van der Waals surface area (Å²) in [7, 11) is 0. The van der Waals surface area contributed by atoms with Crippen LogP contribution < -0.4 is 5.32 Å². The molecule has 132 valence electrons. The zero-order valence-corrected chi connectivity index (χ0v) is 15.2. The maximum Gasteiger partial charge on any atom is 0.255 e. The van der Waals surface area contributed by atoms with Crippen molar-refractivity contribution in [2.45, 2.75) is 32.2 Å². The van der Waals surface area contributed by atoms with Gasteiger partial charge in [0.25, 0.3) is 5.91 Å². The Morgan fingerprint density at radius 3 is 2.81 bits per heavy atom. The molecule has 0 atom stereocenters. The summed E-state index contributed by atoms with van der Waals surface area (Å²) in [6, 6.07) is 13.6. The Morgan fingerprint density at radius 1 is 1.15 bits per heavy atom. The molecular weight excluding hydrogens is 344 g/mol. The summed E-state index contributed by atoms with van der Waals surface area (Å²) in [6.07, 6.45) is 7.76. The quantitative estimate of drug-likeness (QED) is 0.655. The van der Waals surface area contributed by atoms with Crippen LogP contribution in [-0.2, 0) is 19.4 Å². The maximum atomic E-state index is 12.9. The van der Waals surface area contributed by atoms with Gasteiger partial charge in [0.05, 0.1) is 18.4 Å². The third-order valence-electron chi connectivity index (χ3n) is 4.51. The van der Waals surface area contributed by atoms with E-state index in [4.69, 9.17) is 4.42 Å². The van der Waals surface area contributed by atoms with Gasteiger partial charge in [0.1, 0.15) is 10.8 Å². The highest BCUT2D eigenvalue weighted by Gasteiger charge is 2.25. The van der Waals surface area contributed by atoms with Crippen molar-refractivity contribution < 1.29 is 9.21 Å². The second-order valence-corrected chi connectivity index (χ2v) is 7.41. The van der Waals surface area contributed by atoms with E-state index < -0.39 is 0 Å². The number of aryl methyl sites for hydroxylation is 1. The van der Waals surface area contributed by atoms with Crippen LogP contribution in [0.1, 0.15) is 45.0 Å². The second-order valence-electron chi connectivity index (χ2n) is 6.32. The molecule has 0 radical (unpaired) electrons. The highest BCUT2D eigenvalue weighted by Crippen LogP contribution is 2.39. The number of aliphatic imine (C=N–C) groups is 1. The first kappa shape index (κ1) is 16.8. The molecule has 0 spiro atoms. The van der Waals surface area contributed by atoms with E-state index in [2.05, 4.69) is 10.3 Å². The zero-order valence-electron chi connectivity index (χ0n) is 14.4. The van der Waals surface area contributed by atoms with Gasteiger partial charge in [-0.1, -0.05) is 30.3 Å². The van der Waals surface area contributed by atoms with E-state index in [1.165, 1.54) is 16.9 Å². The predicted molar refractivity (Wildman–Crippen MR) is 105 cm³/mol. The fourth-order valence-electron chi connectivity index (χ4n) is 3.22. The minimum Gasteiger partial charge on any atom is -0.467 e. The lowest BCUT2D eigenvalue weighted by atomic mass is 9.95. The monoisotopic (exact) mass is 364 g/mol. The number of hydrogen-bond acceptors (Lipinski definition) is 4. The van der Waals surface area contributed by atoms with E-state index in [0.29, 0.717) is 6.54 Å². The van der Waals surface area contributed by atoms with E-state index in [0.717, 1.165) is 41.2 Å². The first-order valence-corrected chi connectivity index (χ1v) is 9.67. The topological polar surface area (TPSA) is 54.6 Å². The van der Waals surface area contributed by atoms with Crippen LogP contribution in [0.15, 0.2) is 58.1 Å². The molecule has 4 nitrogen and oxygen atoms in total. The number of carbonyl (C=O) groups is 1. The zero-order chi connectivity index (χ0) is 17.8. The van der Waals surface area contributed by atoms with Crippen LogP contribution in [0.4, 0.5) is 5.00 Å². The van der Waals surface area contributed by atoms with Crippen LogP contribution in [0.3, 0.4) is 0 Å². The van der Waals surface area contributed by atoms with E-state index in [1.807, 2.05) is 48.7 Å². The van der Waals surface area contributed by atoms with Crippen LogP contribution in [0.5, 0.6) is 0 Å². The summed E-state index contributed by atoms with van der Waals surface area (Å²) >= 11 is 1.65. The lowest BCUT2D eigenvalue weighted by Crippen LogP contribution is -2.23. The Kier molecular flexibility index (Phi) is 4.97. The average molecular weight is 364 g/mol. The number of furan rings is 1. The molecule has 0 fully saturated rings. The number of nitrogens with one attached hydrogen (secondary N) is 1. The first-order chi connectivity index (χ1) is 12.8. The number of carbonyl (C=O) groups excluding carboxylic acids is 1. The highest BCUT2D eigenvalue weighted by molar-refractivity contribution is 7.16. The summed E-state index contributed by atoms with van der Waals surface area (Å²) in [5.41, 5.74) is 2.95. The molecule has 1 aromatic carbocycles. The molecule has 0 bridgehead atoms. The van der Waals surface area contributed by atoms with E-state index >= 15 is 0 Å². The Balaban J connectivity index is 1.62. The Hall–Kier alpha value is -2.66. The van der Waals surface area contributed by atoms with Gasteiger partial charge in [-0.3, -0.25) is 4.79 Å². The molecule has 2 aromatic heterocycles. The van der Waals surface area contributed by atoms with E-state index in [9.17, 15) is 4.79 Å². The summed E-state index contributed by atoms with van der Waals surface area (Å²) in [5.74, 6) is 0.679. The minimum atomic E-state index is -0.0685. The van der Waals surface area contributed by atoms with Crippen LogP contribution in [0, 0.1) is 0 Å². The van der Waals surface area contributed by atoms with Crippen molar-refractivity contribution in [3.05, 3.63) is 76.1 Å². The molecule has 1 aliphatic rings. The molecule has 0 aliphatic heterocycles. The van der Waals surface area contributed by atoms with Gasteiger partial charge >= 0.3 is 0 Å². The average Bonchev–Trinajstić information content (AvgIpc) is 3.32. The van der Waals surface area contributed by atoms with E-state index in [-0.39, 0.29) is 5.91 Å². The Labute approximate surface area is 156 Å². The fourth-order valence-corrected chi connectivity index (χ4v) is 4.45. The molecule has 4 rings (SSSR count). The van der Waals surface area contributed by atoms with Gasteiger partial charge in [0.15, 0.2) is 0 Å². The SMILES string of the molecule is O=C(NCc1ccco1)c1c(N=Cc2ccccc2)sc2c1CCCC2. The van der Waals surface area contributed by atoms with E-state index in [1.54, 1.807) is 17.6 Å². The molecular formula is C21H20N2O2S. The van der Waals surface area contributed by atoms with Crippen LogP contribution in [0.2, 0.25) is 0 Å². The molecule has 0 saturated heterocycles. The minimum absolute atomic E-state index is 0.0685. The number of amides is 1. The third-order valence-corrected chi connectivity index (χ3v) is 5.71. The number of nitrogens with zero attached hydrogens (tertiary/aromatic N) is 1. The lowest BCUT2D eigenvalue weighted by Gasteiger charge is -2.12. The highest BCUT2D eigenvalue weighted by atomic mass is 32.1. The third kappa shape index (κ3) is 3.63. The molecule has 5 heteroatoms. The van der Waals surface area contributed by atoms with Crippen molar-refractivity contribution in [2.24, 2.45) is 4.99 Å². The summed E-state index contributed by atoms with van der Waals surface area (Å²) in [6.45, 7) is 0.387. The van der Waals surface area contributed by atoms with Crippen molar-refractivity contribution in [3.63, 3.8) is 0 Å². The summed E-state index contributed by atoms with van der Waals surface area (Å²) in [5, 5.41) is 3.78. The van der Waals surface area contributed by atoms with Gasteiger partial charge in [-0.05, 0) is 48.9 Å². The predicted octanol–water partition coefficient (Wildman–Crippen LogP) is 4.90. The summed E-state index contributed by atoms with van der Waals surface area (Å²) < 4.78 is 5.31. The van der Waals surface area contributed by atoms with Gasteiger partial charge in [-0.2, -0.15) is 0 Å². The molecule has 2 heterocycles. The smallest absolute Gasteiger partial charge is 0.255 e. The maximum absolute atomic E-state index is 12.9. The molecule has 1 N–H and O–H groups in total. The van der Waals surface area contributed by atoms with Crippen LogP contribution in [0.25, 0.3) is 0 Å². The first-order valence-electron chi connectivity index (χ1n) is 8.85. The van der Waals surface area contributed by atoms with Crippen molar-refractivity contribution in [1.29, 1.82) is 0 Å². The number of benzene rings is 1. The normalized spacial score (nSPS) is 13.7. The second kappa shape index (κ2) is 7.70. The number of fused-ring (bicyclic) bond motifs is 1. The standard InChI is InChI=1S/C21H20N2O2S/c24-20(22-14-16-9-6-12-25-16)19-17-10-4-5-11-18(17)26-21(19)23-13-15-7-2-1-3-8-15/h1-3,6-9,12-13H,4-5,10-11,14H2,(H,22,24). The number of rotatable bonds is 5. The van der Waals surface area contributed by atoms with Gasteiger partial charge < -0.3 is 9.73 Å². The van der Waals surface area contributed by atoms with Gasteiger partial charge in [0.2, 0.25) is 0 Å². The van der Waals surface area contributed by atoms with Crippen LogP contribution >= 0.6 is 11.3 Å². The largest absolute Gasteiger partial charge is 0.467 e. The molecule has 3 aromatic rings. The Morgan fingerprint density at radius 2 is 2.00 bits per heavy atom. The number of hydrogen-bond donors (Lipinski definition) is 1. The number of thiophene rings is 1. The fraction of sp³-hybridized carbons (Fsp3) is 0.238. The lowest BCUT2D eigenvalue weighted by molar-refractivity contribution is 0.0948. The molecule has 0 unspecified atom stereocenters.